The number of carbonyl (C=O) groups is 1. The first kappa shape index (κ1) is 27.6. The van der Waals surface area contributed by atoms with E-state index in [-0.39, 0.29) is 29.3 Å². The molecule has 0 aromatic heterocycles. The third kappa shape index (κ3) is 8.01. The lowest BCUT2D eigenvalue weighted by Gasteiger charge is -2.37. The maximum atomic E-state index is 12.8. The number of hydrogen-bond donors (Lipinski definition) is 1. The third-order valence-corrected chi connectivity index (χ3v) is 8.00. The van der Waals surface area contributed by atoms with Gasteiger partial charge < -0.3 is 19.5 Å². The van der Waals surface area contributed by atoms with Crippen LogP contribution in [0.1, 0.15) is 58.8 Å². The number of piperidine rings is 1. The number of halogens is 2. The molecule has 0 bridgehead atoms. The summed E-state index contributed by atoms with van der Waals surface area (Å²) in [5, 5.41) is 9.21. The highest BCUT2D eigenvalue weighted by atomic mass is 32.2. The molecule has 2 aliphatic heterocycles. The van der Waals surface area contributed by atoms with Gasteiger partial charge in [-0.1, -0.05) is 6.42 Å². The van der Waals surface area contributed by atoms with Gasteiger partial charge in [-0.15, -0.1) is 0 Å². The molecule has 3 fully saturated rings. The monoisotopic (exact) mass is 518 g/mol. The van der Waals surface area contributed by atoms with E-state index >= 15 is 0 Å². The maximum absolute atomic E-state index is 12.8. The van der Waals surface area contributed by atoms with Crippen LogP contribution in [0, 0.1) is 0 Å². The molecule has 1 saturated carbocycles. The molecule has 198 valence electrons. The Balaban J connectivity index is 0.000000225. The molecule has 1 aromatic rings. The molecule has 3 aliphatic rings. The number of benzene rings is 1. The summed E-state index contributed by atoms with van der Waals surface area (Å²) in [5.41, 5.74) is 0. The number of sulfonamides is 1. The Morgan fingerprint density at radius 1 is 1.03 bits per heavy atom. The Morgan fingerprint density at radius 2 is 1.60 bits per heavy atom. The minimum atomic E-state index is -3.83. The van der Waals surface area contributed by atoms with Gasteiger partial charge in [-0.05, 0) is 76.6 Å². The summed E-state index contributed by atoms with van der Waals surface area (Å²) in [6.07, 6.45) is 6.50. The van der Waals surface area contributed by atoms with Crippen molar-refractivity contribution in [2.24, 2.45) is 0 Å². The first-order chi connectivity index (χ1) is 16.5. The van der Waals surface area contributed by atoms with Crippen molar-refractivity contribution in [3.05, 3.63) is 24.3 Å². The van der Waals surface area contributed by atoms with Crippen LogP contribution in [0.15, 0.2) is 29.2 Å². The number of amides is 1. The van der Waals surface area contributed by atoms with Gasteiger partial charge in [0.2, 0.25) is 10.0 Å². The van der Waals surface area contributed by atoms with Crippen molar-refractivity contribution in [1.29, 1.82) is 0 Å². The van der Waals surface area contributed by atoms with Crippen molar-refractivity contribution < 1.29 is 36.6 Å². The van der Waals surface area contributed by atoms with E-state index < -0.39 is 29.0 Å². The van der Waals surface area contributed by atoms with Gasteiger partial charge in [0.05, 0.1) is 36.3 Å². The summed E-state index contributed by atoms with van der Waals surface area (Å²) < 4.78 is 61.6. The van der Waals surface area contributed by atoms with Gasteiger partial charge in [0.15, 0.2) is 0 Å². The highest BCUT2D eigenvalue weighted by Crippen LogP contribution is 2.32. The van der Waals surface area contributed by atoms with E-state index in [4.69, 9.17) is 9.47 Å². The molecule has 35 heavy (non-hydrogen) atoms. The highest BCUT2D eigenvalue weighted by Gasteiger charge is 2.49. The minimum Gasteiger partial charge on any atom is -0.490 e. The number of rotatable bonds is 5. The Hall–Kier alpha value is -1.98. The fourth-order valence-corrected chi connectivity index (χ4v) is 5.67. The average Bonchev–Trinajstić information content (AvgIpc) is 2.79. The van der Waals surface area contributed by atoms with Crippen molar-refractivity contribution in [2.45, 2.75) is 87.9 Å². The van der Waals surface area contributed by atoms with Crippen molar-refractivity contribution in [2.75, 3.05) is 26.2 Å². The molecule has 0 unspecified atom stereocenters. The van der Waals surface area contributed by atoms with Gasteiger partial charge >= 0.3 is 6.09 Å². The number of alkyl halides is 2. The van der Waals surface area contributed by atoms with Gasteiger partial charge in [0.25, 0.3) is 5.92 Å². The fourth-order valence-electron chi connectivity index (χ4n) is 4.18. The van der Waals surface area contributed by atoms with E-state index in [1.807, 2.05) is 13.8 Å². The Morgan fingerprint density at radius 3 is 2.11 bits per heavy atom. The molecule has 2 saturated heterocycles. The number of aliphatic hydroxyl groups excluding tert-OH is 1. The zero-order chi connectivity index (χ0) is 25.6. The fraction of sp³-hybridized carbons (Fsp3) is 0.708. The highest BCUT2D eigenvalue weighted by molar-refractivity contribution is 7.89. The van der Waals surface area contributed by atoms with E-state index in [0.717, 1.165) is 30.0 Å². The first-order valence-electron chi connectivity index (χ1n) is 12.2. The molecular weight excluding hydrogens is 482 g/mol. The summed E-state index contributed by atoms with van der Waals surface area (Å²) in [7, 11) is -3.83. The zero-order valence-electron chi connectivity index (χ0n) is 20.4. The molecule has 0 spiro atoms. The lowest BCUT2D eigenvalue weighted by atomic mass is 9.98. The molecule has 2 heterocycles. The van der Waals surface area contributed by atoms with Crippen LogP contribution in [0.5, 0.6) is 5.75 Å². The second-order valence-electron chi connectivity index (χ2n) is 9.63. The minimum absolute atomic E-state index is 0.0268. The topological polar surface area (TPSA) is 96.4 Å². The smallest absolute Gasteiger partial charge is 0.410 e. The molecule has 1 N–H and O–H groups in total. The SMILES string of the molecule is CC(C)OC(=O)N1CCC(O)CC1.O=S(=O)(c1ccc(OC2CCCCC2)cc1)N1CC(F)(F)C1. The normalized spacial score (nSPS) is 21.6. The number of likely N-dealkylation sites (tertiary alicyclic amines) is 1. The van der Waals surface area contributed by atoms with Crippen LogP contribution in [0.4, 0.5) is 13.6 Å². The molecule has 0 atom stereocenters. The number of aliphatic hydroxyl groups is 1. The van der Waals surface area contributed by atoms with Crippen molar-refractivity contribution in [3.8, 4) is 5.75 Å². The Labute approximate surface area is 206 Å². The summed E-state index contributed by atoms with van der Waals surface area (Å²) in [5.74, 6) is -2.28. The summed E-state index contributed by atoms with van der Waals surface area (Å²) in [6, 6.07) is 6.03. The number of nitrogens with zero attached hydrogens (tertiary/aromatic N) is 2. The van der Waals surface area contributed by atoms with E-state index in [2.05, 4.69) is 0 Å². The molecule has 0 radical (unpaired) electrons. The second kappa shape index (κ2) is 11.8. The van der Waals surface area contributed by atoms with Crippen molar-refractivity contribution in [1.82, 2.24) is 9.21 Å². The number of carbonyl (C=O) groups excluding carboxylic acids is 1. The quantitative estimate of drug-likeness (QED) is 0.633. The molecule has 1 amide bonds. The van der Waals surface area contributed by atoms with E-state index in [9.17, 15) is 27.1 Å². The van der Waals surface area contributed by atoms with Crippen LogP contribution in [-0.2, 0) is 14.8 Å². The molecule has 4 rings (SSSR count). The van der Waals surface area contributed by atoms with Crippen molar-refractivity contribution in [3.63, 3.8) is 0 Å². The van der Waals surface area contributed by atoms with Crippen LogP contribution in [-0.4, -0.2) is 79.2 Å². The van der Waals surface area contributed by atoms with Crippen LogP contribution in [0.2, 0.25) is 0 Å². The van der Waals surface area contributed by atoms with Crippen molar-refractivity contribution >= 4 is 16.1 Å². The van der Waals surface area contributed by atoms with Gasteiger partial charge in [0.1, 0.15) is 5.75 Å². The average molecular weight is 519 g/mol. The lowest BCUT2D eigenvalue weighted by Crippen LogP contribution is -2.58. The summed E-state index contributed by atoms with van der Waals surface area (Å²) >= 11 is 0. The molecule has 11 heteroatoms. The maximum Gasteiger partial charge on any atom is 0.410 e. The Bertz CT molecular complexity index is 920. The van der Waals surface area contributed by atoms with Crippen LogP contribution < -0.4 is 4.74 Å². The predicted octanol–water partition coefficient (Wildman–Crippen LogP) is 4.03. The van der Waals surface area contributed by atoms with E-state index in [0.29, 0.717) is 31.7 Å². The summed E-state index contributed by atoms with van der Waals surface area (Å²) in [4.78, 5) is 13.0. The van der Waals surface area contributed by atoms with Gasteiger partial charge in [-0.25, -0.2) is 22.0 Å². The third-order valence-electron chi connectivity index (χ3n) is 6.19. The predicted molar refractivity (Wildman–Crippen MR) is 126 cm³/mol. The van der Waals surface area contributed by atoms with Gasteiger partial charge in [0, 0.05) is 13.1 Å². The zero-order valence-corrected chi connectivity index (χ0v) is 21.2. The molecule has 1 aromatic carbocycles. The van der Waals surface area contributed by atoms with E-state index in [1.54, 1.807) is 17.0 Å². The second-order valence-corrected chi connectivity index (χ2v) is 11.6. The number of ether oxygens (including phenoxy) is 2. The van der Waals surface area contributed by atoms with Crippen LogP contribution >= 0.6 is 0 Å². The molecule has 1 aliphatic carbocycles. The Kier molecular flexibility index (Phi) is 9.34. The first-order valence-corrected chi connectivity index (χ1v) is 13.7. The van der Waals surface area contributed by atoms with E-state index in [1.165, 1.54) is 18.6 Å². The molecule has 8 nitrogen and oxygen atoms in total. The standard InChI is InChI=1S/C15H19F2NO3S.C9H17NO3/c16-15(17)10-18(11-15)22(19,20)14-8-6-13(7-9-14)21-12-4-2-1-3-5-12;1-7(2)13-9(12)10-5-3-8(11)4-6-10/h6-9,12H,1-5,10-11H2;7-8,11H,3-6H2,1-2H3. The van der Waals surface area contributed by atoms with Crippen LogP contribution in [0.25, 0.3) is 0 Å². The largest absolute Gasteiger partial charge is 0.490 e. The number of hydrogen-bond acceptors (Lipinski definition) is 6. The van der Waals surface area contributed by atoms with Crippen LogP contribution in [0.3, 0.4) is 0 Å². The summed E-state index contributed by atoms with van der Waals surface area (Å²) in [6.45, 7) is 3.39. The van der Waals surface area contributed by atoms with Gasteiger partial charge in [-0.3, -0.25) is 0 Å². The van der Waals surface area contributed by atoms with Gasteiger partial charge in [-0.2, -0.15) is 4.31 Å². The lowest BCUT2D eigenvalue weighted by molar-refractivity contribution is -0.0945. The molecular formula is C24H36F2N2O6S.